The number of benzene rings is 1. The maximum absolute atomic E-state index is 13.2. The number of hydrogen-bond donors (Lipinski definition) is 3. The van der Waals surface area contributed by atoms with Gasteiger partial charge in [-0.25, -0.2) is 4.39 Å². The lowest BCUT2D eigenvalue weighted by Crippen LogP contribution is -2.53. The van der Waals surface area contributed by atoms with Crippen LogP contribution in [0.25, 0.3) is 0 Å². The van der Waals surface area contributed by atoms with E-state index in [4.69, 9.17) is 10.8 Å². The molecule has 2 rings (SSSR count). The second kappa shape index (κ2) is 5.17. The summed E-state index contributed by atoms with van der Waals surface area (Å²) >= 11 is 0. The van der Waals surface area contributed by atoms with Gasteiger partial charge < -0.3 is 16.2 Å². The van der Waals surface area contributed by atoms with E-state index in [2.05, 4.69) is 12.2 Å². The number of carbonyl (C=O) groups excluding carboxylic acids is 1. The maximum atomic E-state index is 13.2. The molecule has 1 aliphatic carbocycles. The van der Waals surface area contributed by atoms with E-state index in [1.54, 1.807) is 0 Å². The molecule has 0 radical (unpaired) electrons. The summed E-state index contributed by atoms with van der Waals surface area (Å²) in [6, 6.07) is 3.74. The molecular weight excluding hydrogens is 247 g/mol. The van der Waals surface area contributed by atoms with Crippen LogP contribution in [0.5, 0.6) is 5.75 Å². The van der Waals surface area contributed by atoms with Gasteiger partial charge in [0.1, 0.15) is 0 Å². The summed E-state index contributed by atoms with van der Waals surface area (Å²) < 4.78 is 13.2. The number of carbonyl (C=O) groups is 1. The van der Waals surface area contributed by atoms with Crippen molar-refractivity contribution in [1.29, 1.82) is 0 Å². The highest BCUT2D eigenvalue weighted by Crippen LogP contribution is 2.31. The fourth-order valence-electron chi connectivity index (χ4n) is 2.64. The molecule has 0 saturated heterocycles. The van der Waals surface area contributed by atoms with Crippen molar-refractivity contribution >= 4 is 11.6 Å². The van der Waals surface area contributed by atoms with Crippen molar-refractivity contribution in [2.75, 3.05) is 5.32 Å². The van der Waals surface area contributed by atoms with Crippen LogP contribution in [0.2, 0.25) is 0 Å². The smallest absolute Gasteiger partial charge is 0.244 e. The number of phenols is 1. The molecule has 0 aromatic heterocycles. The molecule has 104 valence electrons. The quantitative estimate of drug-likeness (QED) is 0.719. The highest BCUT2D eigenvalue weighted by molar-refractivity contribution is 5.98. The number of nitrogens with one attached hydrogen (secondary N) is 1. The van der Waals surface area contributed by atoms with Crippen molar-refractivity contribution in [2.45, 2.75) is 38.1 Å². The molecule has 2 atom stereocenters. The predicted molar refractivity (Wildman–Crippen MR) is 71.2 cm³/mol. The van der Waals surface area contributed by atoms with Gasteiger partial charge in [-0.2, -0.15) is 0 Å². The fourth-order valence-corrected chi connectivity index (χ4v) is 2.64. The molecule has 0 aliphatic heterocycles. The van der Waals surface area contributed by atoms with Gasteiger partial charge in [0, 0.05) is 11.8 Å². The molecule has 0 bridgehead atoms. The minimum absolute atomic E-state index is 0.288. The van der Waals surface area contributed by atoms with Crippen LogP contribution >= 0.6 is 0 Å². The Kier molecular flexibility index (Phi) is 3.75. The number of phenolic OH excluding ortho intramolecular Hbond substituents is 1. The average Bonchev–Trinajstić information content (AvgIpc) is 2.33. The Bertz CT molecular complexity index is 492. The molecule has 1 fully saturated rings. The van der Waals surface area contributed by atoms with Crippen molar-refractivity contribution in [3.8, 4) is 5.75 Å². The summed E-state index contributed by atoms with van der Waals surface area (Å²) in [6.45, 7) is 2.08. The third kappa shape index (κ3) is 3.04. The molecule has 2 unspecified atom stereocenters. The Morgan fingerprint density at radius 1 is 1.58 bits per heavy atom. The summed E-state index contributed by atoms with van der Waals surface area (Å²) in [5.41, 5.74) is 5.58. The van der Waals surface area contributed by atoms with Gasteiger partial charge >= 0.3 is 0 Å². The molecule has 4 nitrogen and oxygen atoms in total. The average molecular weight is 266 g/mol. The van der Waals surface area contributed by atoms with Crippen molar-refractivity contribution in [3.05, 3.63) is 24.0 Å². The fraction of sp³-hybridized carbons (Fsp3) is 0.500. The van der Waals surface area contributed by atoms with Crippen LogP contribution in [-0.2, 0) is 4.79 Å². The molecule has 4 N–H and O–H groups in total. The molecule has 1 saturated carbocycles. The molecule has 1 aromatic rings. The second-order valence-electron chi connectivity index (χ2n) is 5.48. The Morgan fingerprint density at radius 2 is 2.32 bits per heavy atom. The number of anilines is 1. The number of amides is 1. The van der Waals surface area contributed by atoms with Crippen LogP contribution in [0.3, 0.4) is 0 Å². The number of hydrogen-bond acceptors (Lipinski definition) is 3. The normalized spacial score (nSPS) is 27.0. The van der Waals surface area contributed by atoms with E-state index in [1.165, 1.54) is 12.1 Å². The first-order chi connectivity index (χ1) is 8.90. The highest BCUT2D eigenvalue weighted by Gasteiger charge is 2.37. The van der Waals surface area contributed by atoms with Crippen LogP contribution in [-0.4, -0.2) is 16.6 Å². The van der Waals surface area contributed by atoms with Gasteiger partial charge in [0.05, 0.1) is 5.54 Å². The monoisotopic (exact) mass is 266 g/mol. The topological polar surface area (TPSA) is 75.4 Å². The summed E-state index contributed by atoms with van der Waals surface area (Å²) in [5, 5.41) is 11.7. The molecule has 1 aromatic carbocycles. The van der Waals surface area contributed by atoms with Gasteiger partial charge in [0.15, 0.2) is 11.6 Å². The molecule has 0 heterocycles. The predicted octanol–water partition coefficient (Wildman–Crippen LogP) is 2.38. The molecule has 5 heteroatoms. The second-order valence-corrected chi connectivity index (χ2v) is 5.48. The third-order valence-corrected chi connectivity index (χ3v) is 3.69. The minimum atomic E-state index is -0.883. The first-order valence-corrected chi connectivity index (χ1v) is 6.49. The number of nitrogens with two attached hydrogens (primary N) is 1. The minimum Gasteiger partial charge on any atom is -0.505 e. The van der Waals surface area contributed by atoms with E-state index in [0.717, 1.165) is 18.9 Å². The molecule has 0 spiro atoms. The molecule has 1 amide bonds. The van der Waals surface area contributed by atoms with Gasteiger partial charge in [0.2, 0.25) is 5.91 Å². The zero-order valence-electron chi connectivity index (χ0n) is 10.9. The van der Waals surface area contributed by atoms with Crippen LogP contribution in [0.15, 0.2) is 18.2 Å². The first-order valence-electron chi connectivity index (χ1n) is 6.49. The van der Waals surface area contributed by atoms with Gasteiger partial charge in [-0.3, -0.25) is 4.79 Å². The van der Waals surface area contributed by atoms with E-state index < -0.39 is 17.1 Å². The largest absolute Gasteiger partial charge is 0.505 e. The maximum Gasteiger partial charge on any atom is 0.244 e. The Labute approximate surface area is 111 Å². The van der Waals surface area contributed by atoms with Crippen LogP contribution in [0, 0.1) is 11.7 Å². The summed E-state index contributed by atoms with van der Waals surface area (Å²) in [4.78, 5) is 12.2. The standard InChI is InChI=1S/C14H19FN2O2/c1-9-3-2-6-14(16,8-9)13(19)17-10-4-5-12(18)11(15)7-10/h4-5,7,9,18H,2-3,6,8,16H2,1H3,(H,17,19). The summed E-state index contributed by atoms with van der Waals surface area (Å²) in [5.74, 6) is -1.07. The van der Waals surface area contributed by atoms with Crippen molar-refractivity contribution in [1.82, 2.24) is 0 Å². The van der Waals surface area contributed by atoms with E-state index in [-0.39, 0.29) is 5.91 Å². The van der Waals surface area contributed by atoms with E-state index in [9.17, 15) is 9.18 Å². The van der Waals surface area contributed by atoms with Gasteiger partial charge in [-0.15, -0.1) is 0 Å². The SMILES string of the molecule is CC1CCCC(N)(C(=O)Nc2ccc(O)c(F)c2)C1. The van der Waals surface area contributed by atoms with E-state index in [0.29, 0.717) is 24.4 Å². The Morgan fingerprint density at radius 3 is 2.95 bits per heavy atom. The third-order valence-electron chi connectivity index (χ3n) is 3.69. The van der Waals surface area contributed by atoms with Crippen molar-refractivity contribution in [3.63, 3.8) is 0 Å². The van der Waals surface area contributed by atoms with Crippen molar-refractivity contribution < 1.29 is 14.3 Å². The highest BCUT2D eigenvalue weighted by atomic mass is 19.1. The summed E-state index contributed by atoms with van der Waals surface area (Å²) in [6.07, 6.45) is 3.29. The van der Waals surface area contributed by atoms with Crippen LogP contribution < -0.4 is 11.1 Å². The first kappa shape index (κ1) is 13.8. The zero-order valence-corrected chi connectivity index (χ0v) is 10.9. The van der Waals surface area contributed by atoms with Gasteiger partial charge in [0.25, 0.3) is 0 Å². The number of rotatable bonds is 2. The Hall–Kier alpha value is -1.62. The van der Waals surface area contributed by atoms with Crippen LogP contribution in [0.1, 0.15) is 32.6 Å². The number of halogens is 1. The van der Waals surface area contributed by atoms with Crippen LogP contribution in [0.4, 0.5) is 10.1 Å². The molecule has 19 heavy (non-hydrogen) atoms. The van der Waals surface area contributed by atoms with E-state index >= 15 is 0 Å². The van der Waals surface area contributed by atoms with Gasteiger partial charge in [-0.05, 0) is 30.9 Å². The van der Waals surface area contributed by atoms with Crippen molar-refractivity contribution in [2.24, 2.45) is 11.7 Å². The lowest BCUT2D eigenvalue weighted by Gasteiger charge is -2.35. The van der Waals surface area contributed by atoms with Gasteiger partial charge in [-0.1, -0.05) is 19.8 Å². The lowest BCUT2D eigenvalue weighted by molar-refractivity contribution is -0.122. The Balaban J connectivity index is 2.09. The lowest BCUT2D eigenvalue weighted by atomic mass is 9.76. The number of aromatic hydroxyl groups is 1. The molecule has 1 aliphatic rings. The zero-order chi connectivity index (χ0) is 14.0. The summed E-state index contributed by atoms with van der Waals surface area (Å²) in [7, 11) is 0. The molecular formula is C14H19FN2O2. The van der Waals surface area contributed by atoms with E-state index in [1.807, 2.05) is 0 Å².